The number of carbonyl (C=O) groups excluding carboxylic acids is 2. The third-order valence-electron chi connectivity index (χ3n) is 2.94. The van der Waals surface area contributed by atoms with Crippen molar-refractivity contribution in [2.24, 2.45) is 0 Å². The van der Waals surface area contributed by atoms with Crippen LogP contribution in [-0.2, 0) is 4.79 Å². The highest BCUT2D eigenvalue weighted by Gasteiger charge is 2.38. The highest BCUT2D eigenvalue weighted by molar-refractivity contribution is 7.99. The minimum Gasteiger partial charge on any atom is -0.311 e. The van der Waals surface area contributed by atoms with Crippen LogP contribution in [0, 0.1) is 0 Å². The van der Waals surface area contributed by atoms with Crippen LogP contribution in [-0.4, -0.2) is 40.9 Å². The largest absolute Gasteiger partial charge is 0.324 e. The number of hydrogen-bond acceptors (Lipinski definition) is 3. The van der Waals surface area contributed by atoms with Gasteiger partial charge in [0.2, 0.25) is 5.91 Å². The monoisotopic (exact) mass is 214 g/mol. The molecule has 5 heteroatoms. The average Bonchev–Trinajstić information content (AvgIpc) is 2.71. The summed E-state index contributed by atoms with van der Waals surface area (Å²) in [4.78, 5) is 24.1. The summed E-state index contributed by atoms with van der Waals surface area (Å²) >= 11 is 1.80. The van der Waals surface area contributed by atoms with Crippen LogP contribution in [0.4, 0.5) is 4.79 Å². The predicted molar refractivity (Wildman–Crippen MR) is 55.2 cm³/mol. The fourth-order valence-electron chi connectivity index (χ4n) is 2.26. The van der Waals surface area contributed by atoms with Crippen molar-refractivity contribution in [1.82, 2.24) is 10.2 Å². The molecule has 0 aromatic heterocycles. The molecule has 1 heterocycles. The van der Waals surface area contributed by atoms with Crippen molar-refractivity contribution >= 4 is 23.7 Å². The molecule has 2 fully saturated rings. The number of hydrogen-bond donors (Lipinski definition) is 1. The maximum Gasteiger partial charge on any atom is 0.324 e. The Morgan fingerprint density at radius 3 is 2.79 bits per heavy atom. The summed E-state index contributed by atoms with van der Waals surface area (Å²) in [6.07, 6.45) is 5.42. The van der Waals surface area contributed by atoms with E-state index in [0.717, 1.165) is 19.3 Å². The lowest BCUT2D eigenvalue weighted by Gasteiger charge is -2.26. The molecule has 2 atom stereocenters. The summed E-state index contributed by atoms with van der Waals surface area (Å²) in [6.45, 7) is 0.251. The second-order valence-corrected chi connectivity index (χ2v) is 4.83. The Morgan fingerprint density at radius 1 is 1.43 bits per heavy atom. The second kappa shape index (κ2) is 3.81. The Labute approximate surface area is 87.4 Å². The Kier molecular flexibility index (Phi) is 2.67. The molecule has 1 aliphatic heterocycles. The summed E-state index contributed by atoms with van der Waals surface area (Å²) in [7, 11) is 0. The van der Waals surface area contributed by atoms with E-state index in [1.807, 2.05) is 0 Å². The summed E-state index contributed by atoms with van der Waals surface area (Å²) in [5.41, 5.74) is 0. The summed E-state index contributed by atoms with van der Waals surface area (Å²) in [5, 5.41) is 2.83. The number of carbonyl (C=O) groups is 2. The van der Waals surface area contributed by atoms with Gasteiger partial charge >= 0.3 is 6.03 Å². The van der Waals surface area contributed by atoms with Crippen molar-refractivity contribution in [3.8, 4) is 0 Å². The highest BCUT2D eigenvalue weighted by Crippen LogP contribution is 2.32. The van der Waals surface area contributed by atoms with E-state index in [4.69, 9.17) is 0 Å². The number of nitrogens with one attached hydrogen (secondary N) is 1. The molecule has 2 unspecified atom stereocenters. The first-order valence-corrected chi connectivity index (χ1v) is 6.14. The summed E-state index contributed by atoms with van der Waals surface area (Å²) in [6, 6.07) is 0.0531. The average molecular weight is 214 g/mol. The maximum atomic E-state index is 11.4. The minimum absolute atomic E-state index is 0.165. The molecular formula is C9H14N2O2S. The third kappa shape index (κ3) is 1.61. The van der Waals surface area contributed by atoms with Gasteiger partial charge in [0.1, 0.15) is 6.54 Å². The molecular weight excluding hydrogens is 200 g/mol. The summed E-state index contributed by atoms with van der Waals surface area (Å²) in [5.74, 6) is -0.165. The smallest absolute Gasteiger partial charge is 0.311 e. The van der Waals surface area contributed by atoms with Crippen molar-refractivity contribution < 1.29 is 9.59 Å². The number of imide groups is 1. The third-order valence-corrected chi connectivity index (χ3v) is 4.10. The number of rotatable bonds is 2. The predicted octanol–water partition coefficient (Wildman–Crippen LogP) is 0.822. The molecule has 3 amide bonds. The van der Waals surface area contributed by atoms with E-state index in [1.165, 1.54) is 0 Å². The van der Waals surface area contributed by atoms with Crippen LogP contribution < -0.4 is 5.32 Å². The van der Waals surface area contributed by atoms with E-state index in [-0.39, 0.29) is 24.5 Å². The van der Waals surface area contributed by atoms with Gasteiger partial charge in [-0.3, -0.25) is 10.1 Å². The number of thioether (sulfide) groups is 1. The van der Waals surface area contributed by atoms with Crippen molar-refractivity contribution in [1.29, 1.82) is 0 Å². The lowest BCUT2D eigenvalue weighted by atomic mass is 10.2. The van der Waals surface area contributed by atoms with Gasteiger partial charge in [-0.2, -0.15) is 11.8 Å². The van der Waals surface area contributed by atoms with Crippen molar-refractivity contribution in [3.05, 3.63) is 0 Å². The molecule has 1 N–H and O–H groups in total. The first-order valence-electron chi connectivity index (χ1n) is 4.85. The fourth-order valence-corrected chi connectivity index (χ4v) is 3.26. The molecule has 0 radical (unpaired) electrons. The van der Waals surface area contributed by atoms with Crippen molar-refractivity contribution in [3.63, 3.8) is 0 Å². The van der Waals surface area contributed by atoms with Crippen LogP contribution in [0.1, 0.15) is 19.3 Å². The lowest BCUT2D eigenvalue weighted by molar-refractivity contribution is -0.118. The molecule has 2 rings (SSSR count). The molecule has 78 valence electrons. The highest BCUT2D eigenvalue weighted by atomic mass is 32.2. The van der Waals surface area contributed by atoms with E-state index in [9.17, 15) is 9.59 Å². The lowest BCUT2D eigenvalue weighted by Crippen LogP contribution is -2.41. The quantitative estimate of drug-likeness (QED) is 0.692. The van der Waals surface area contributed by atoms with Gasteiger partial charge < -0.3 is 4.90 Å². The SMILES string of the molecule is CSC1CCCC1N1CC(=O)NC1=O. The maximum absolute atomic E-state index is 11.4. The van der Waals surface area contributed by atoms with Crippen LogP contribution >= 0.6 is 11.8 Å². The van der Waals surface area contributed by atoms with E-state index < -0.39 is 0 Å². The first kappa shape index (κ1) is 9.83. The molecule has 0 bridgehead atoms. The Hall–Kier alpha value is -0.710. The topological polar surface area (TPSA) is 49.4 Å². The molecule has 1 saturated carbocycles. The first-order chi connectivity index (χ1) is 6.72. The van der Waals surface area contributed by atoms with Crippen LogP contribution in [0.25, 0.3) is 0 Å². The molecule has 0 aromatic carbocycles. The van der Waals surface area contributed by atoms with Gasteiger partial charge in [0.15, 0.2) is 0 Å². The van der Waals surface area contributed by atoms with E-state index >= 15 is 0 Å². The molecule has 1 saturated heterocycles. The molecule has 4 nitrogen and oxygen atoms in total. The molecule has 2 aliphatic rings. The Bertz CT molecular complexity index is 270. The standard InChI is InChI=1S/C9H14N2O2S/c1-14-7-4-2-3-6(7)11-5-8(12)10-9(11)13/h6-7H,2-5H2,1H3,(H,10,12,13). The number of urea groups is 1. The van der Waals surface area contributed by atoms with Crippen LogP contribution in [0.3, 0.4) is 0 Å². The zero-order valence-electron chi connectivity index (χ0n) is 8.16. The Morgan fingerprint density at radius 2 is 2.21 bits per heavy atom. The van der Waals surface area contributed by atoms with Gasteiger partial charge in [-0.05, 0) is 19.1 Å². The Balaban J connectivity index is 2.07. The van der Waals surface area contributed by atoms with Gasteiger partial charge in [-0.15, -0.1) is 0 Å². The number of nitrogens with zero attached hydrogens (tertiary/aromatic N) is 1. The number of amides is 3. The van der Waals surface area contributed by atoms with Crippen LogP contribution in [0.2, 0.25) is 0 Å². The van der Waals surface area contributed by atoms with E-state index in [0.29, 0.717) is 5.25 Å². The van der Waals surface area contributed by atoms with Gasteiger partial charge in [0.05, 0.1) is 0 Å². The van der Waals surface area contributed by atoms with Gasteiger partial charge in [0, 0.05) is 11.3 Å². The molecule has 0 spiro atoms. The van der Waals surface area contributed by atoms with E-state index in [1.54, 1.807) is 16.7 Å². The molecule has 1 aliphatic carbocycles. The zero-order chi connectivity index (χ0) is 10.1. The molecule has 14 heavy (non-hydrogen) atoms. The van der Waals surface area contributed by atoms with Crippen LogP contribution in [0.5, 0.6) is 0 Å². The molecule has 0 aromatic rings. The zero-order valence-corrected chi connectivity index (χ0v) is 8.97. The second-order valence-electron chi connectivity index (χ2n) is 3.75. The minimum atomic E-state index is -0.207. The fraction of sp³-hybridized carbons (Fsp3) is 0.778. The normalized spacial score (nSPS) is 32.5. The van der Waals surface area contributed by atoms with Gasteiger partial charge in [-0.25, -0.2) is 4.79 Å². The van der Waals surface area contributed by atoms with Crippen LogP contribution in [0.15, 0.2) is 0 Å². The summed E-state index contributed by atoms with van der Waals surface area (Å²) < 4.78 is 0. The van der Waals surface area contributed by atoms with Crippen molar-refractivity contribution in [2.45, 2.75) is 30.6 Å². The van der Waals surface area contributed by atoms with Gasteiger partial charge in [-0.1, -0.05) is 6.42 Å². The van der Waals surface area contributed by atoms with Gasteiger partial charge in [0.25, 0.3) is 0 Å². The van der Waals surface area contributed by atoms with E-state index in [2.05, 4.69) is 11.6 Å². The van der Waals surface area contributed by atoms with Crippen molar-refractivity contribution in [2.75, 3.05) is 12.8 Å².